The second kappa shape index (κ2) is 7.58. The number of benzene rings is 3. The lowest BCUT2D eigenvalue weighted by Crippen LogP contribution is -2.35. The average molecular weight is 354 g/mol. The lowest BCUT2D eigenvalue weighted by Gasteiger charge is -2.31. The van der Waals surface area contributed by atoms with Gasteiger partial charge in [0, 0.05) is 12.8 Å². The monoisotopic (exact) mass is 354 g/mol. The molecule has 0 N–H and O–H groups in total. The van der Waals surface area contributed by atoms with E-state index >= 15 is 0 Å². The van der Waals surface area contributed by atoms with Crippen LogP contribution in [-0.4, -0.2) is 11.6 Å². The van der Waals surface area contributed by atoms with E-state index in [0.29, 0.717) is 12.8 Å². The third kappa shape index (κ3) is 3.41. The molecule has 0 bridgehead atoms. The Balaban J connectivity index is 1.91. The van der Waals surface area contributed by atoms with Crippen LogP contribution in [0.3, 0.4) is 0 Å². The van der Waals surface area contributed by atoms with Crippen molar-refractivity contribution in [3.8, 4) is 0 Å². The Morgan fingerprint density at radius 1 is 0.926 bits per heavy atom. The fraction of sp³-hybridized carbons (Fsp3) is 0.167. The molecule has 0 fully saturated rings. The second-order valence-electron chi connectivity index (χ2n) is 6.66. The molecular weight excluding hydrogens is 332 g/mol. The Kier molecular flexibility index (Phi) is 4.84. The molecule has 1 amide bonds. The number of nitrogens with zero attached hydrogens (tertiary/aromatic N) is 2. The van der Waals surface area contributed by atoms with Crippen LogP contribution in [0.15, 0.2) is 89.9 Å². The van der Waals surface area contributed by atoms with Crippen molar-refractivity contribution in [1.82, 2.24) is 0 Å². The molecule has 0 unspecified atom stereocenters. The van der Waals surface area contributed by atoms with E-state index in [1.165, 1.54) is 0 Å². The predicted molar refractivity (Wildman–Crippen MR) is 111 cm³/mol. The van der Waals surface area contributed by atoms with E-state index in [1.807, 2.05) is 72.5 Å². The van der Waals surface area contributed by atoms with E-state index in [-0.39, 0.29) is 11.9 Å². The maximum absolute atomic E-state index is 13.0. The number of carbonyl (C=O) groups is 1. The van der Waals surface area contributed by atoms with Gasteiger partial charge in [-0.25, -0.2) is 0 Å². The summed E-state index contributed by atoms with van der Waals surface area (Å²) in [5.74, 6) is 0.112. The Labute approximate surface area is 160 Å². The highest BCUT2D eigenvalue weighted by molar-refractivity contribution is 6.07. The second-order valence-corrected chi connectivity index (χ2v) is 6.66. The van der Waals surface area contributed by atoms with Gasteiger partial charge in [0.15, 0.2) is 0 Å². The van der Waals surface area contributed by atoms with Crippen LogP contribution in [0.25, 0.3) is 0 Å². The maximum Gasteiger partial charge on any atom is 0.227 e. The van der Waals surface area contributed by atoms with Crippen LogP contribution in [0.5, 0.6) is 0 Å². The molecule has 27 heavy (non-hydrogen) atoms. The van der Waals surface area contributed by atoms with Gasteiger partial charge < -0.3 is 4.90 Å². The first kappa shape index (κ1) is 17.2. The summed E-state index contributed by atoms with van der Waals surface area (Å²) in [5.41, 5.74) is 4.95. The molecule has 3 aromatic carbocycles. The zero-order chi connectivity index (χ0) is 18.6. The Morgan fingerprint density at radius 3 is 2.26 bits per heavy atom. The van der Waals surface area contributed by atoms with Gasteiger partial charge in [-0.15, -0.1) is 0 Å². The van der Waals surface area contributed by atoms with Crippen molar-refractivity contribution < 1.29 is 4.79 Å². The highest BCUT2D eigenvalue weighted by atomic mass is 16.2. The van der Waals surface area contributed by atoms with E-state index in [4.69, 9.17) is 4.99 Å². The van der Waals surface area contributed by atoms with Gasteiger partial charge in [-0.3, -0.25) is 9.79 Å². The summed E-state index contributed by atoms with van der Waals surface area (Å²) in [6.07, 6.45) is 1.13. The standard InChI is InChI=1S/C24H22N2O/c1-2-24(27)26-22-16-10-9-15-20(22)25-21(18-11-5-3-6-12-18)17-23(26)19-13-7-4-8-14-19/h3-16,23H,2,17H2,1H3/t23-/m1/s1. The Bertz CT molecular complexity index is 964. The molecule has 0 aromatic heterocycles. The lowest BCUT2D eigenvalue weighted by molar-refractivity contribution is -0.118. The third-order valence-electron chi connectivity index (χ3n) is 4.96. The number of amides is 1. The zero-order valence-corrected chi connectivity index (χ0v) is 15.4. The van der Waals surface area contributed by atoms with Gasteiger partial charge in [0.2, 0.25) is 5.91 Å². The van der Waals surface area contributed by atoms with Gasteiger partial charge in [0.05, 0.1) is 23.1 Å². The Hall–Kier alpha value is -3.20. The number of hydrogen-bond donors (Lipinski definition) is 0. The molecule has 3 nitrogen and oxygen atoms in total. The van der Waals surface area contributed by atoms with Crippen LogP contribution in [0.1, 0.15) is 36.9 Å². The number of carbonyl (C=O) groups excluding carboxylic acids is 1. The summed E-state index contributed by atoms with van der Waals surface area (Å²) in [5, 5.41) is 0. The van der Waals surface area contributed by atoms with Crippen molar-refractivity contribution >= 4 is 23.0 Å². The molecule has 3 aromatic rings. The van der Waals surface area contributed by atoms with Crippen LogP contribution in [-0.2, 0) is 4.79 Å². The molecule has 0 spiro atoms. The maximum atomic E-state index is 13.0. The summed E-state index contributed by atoms with van der Waals surface area (Å²) in [7, 11) is 0. The molecule has 134 valence electrons. The molecule has 0 saturated carbocycles. The summed E-state index contributed by atoms with van der Waals surface area (Å²) < 4.78 is 0. The molecule has 0 radical (unpaired) electrons. The van der Waals surface area contributed by atoms with Crippen molar-refractivity contribution in [3.63, 3.8) is 0 Å². The van der Waals surface area contributed by atoms with Crippen molar-refractivity contribution in [2.75, 3.05) is 4.90 Å². The van der Waals surface area contributed by atoms with E-state index < -0.39 is 0 Å². The normalized spacial score (nSPS) is 16.3. The fourth-order valence-corrected chi connectivity index (χ4v) is 3.63. The molecule has 4 rings (SSSR count). The first-order valence-corrected chi connectivity index (χ1v) is 9.37. The molecule has 1 aliphatic rings. The largest absolute Gasteiger partial charge is 0.302 e. The SMILES string of the molecule is CCC(=O)N1c2ccccc2N=C(c2ccccc2)C[C@@H]1c1ccccc1. The summed E-state index contributed by atoms with van der Waals surface area (Å²) >= 11 is 0. The third-order valence-corrected chi connectivity index (χ3v) is 4.96. The number of anilines is 1. The lowest BCUT2D eigenvalue weighted by atomic mass is 9.95. The van der Waals surface area contributed by atoms with Crippen molar-refractivity contribution in [1.29, 1.82) is 0 Å². The Morgan fingerprint density at radius 2 is 1.56 bits per heavy atom. The minimum Gasteiger partial charge on any atom is -0.302 e. The first-order valence-electron chi connectivity index (χ1n) is 9.37. The molecule has 0 saturated heterocycles. The van der Waals surface area contributed by atoms with Gasteiger partial charge >= 0.3 is 0 Å². The van der Waals surface area contributed by atoms with Gasteiger partial charge in [0.1, 0.15) is 0 Å². The molecular formula is C24H22N2O. The van der Waals surface area contributed by atoms with Crippen LogP contribution >= 0.6 is 0 Å². The molecule has 1 aliphatic heterocycles. The van der Waals surface area contributed by atoms with Gasteiger partial charge in [-0.1, -0.05) is 79.7 Å². The highest BCUT2D eigenvalue weighted by Crippen LogP contribution is 2.40. The van der Waals surface area contributed by atoms with Crippen LogP contribution in [0, 0.1) is 0 Å². The van der Waals surface area contributed by atoms with E-state index in [2.05, 4.69) is 24.3 Å². The highest BCUT2D eigenvalue weighted by Gasteiger charge is 2.31. The van der Waals surface area contributed by atoms with Crippen molar-refractivity contribution in [2.45, 2.75) is 25.8 Å². The zero-order valence-electron chi connectivity index (χ0n) is 15.4. The number of aliphatic imine (C=N–C) groups is 1. The minimum atomic E-state index is -0.0822. The summed E-state index contributed by atoms with van der Waals surface area (Å²) in [6, 6.07) is 28.3. The number of fused-ring (bicyclic) bond motifs is 1. The summed E-state index contributed by atoms with van der Waals surface area (Å²) in [4.78, 5) is 19.9. The predicted octanol–water partition coefficient (Wildman–Crippen LogP) is 5.70. The van der Waals surface area contributed by atoms with Crippen molar-refractivity contribution in [3.05, 3.63) is 96.1 Å². The summed E-state index contributed by atoms with van der Waals surface area (Å²) in [6.45, 7) is 1.91. The number of para-hydroxylation sites is 2. The van der Waals surface area contributed by atoms with Gasteiger partial charge in [-0.05, 0) is 23.3 Å². The van der Waals surface area contributed by atoms with Crippen LogP contribution in [0.2, 0.25) is 0 Å². The van der Waals surface area contributed by atoms with E-state index in [1.54, 1.807) is 0 Å². The van der Waals surface area contributed by atoms with Gasteiger partial charge in [-0.2, -0.15) is 0 Å². The van der Waals surface area contributed by atoms with Crippen LogP contribution < -0.4 is 4.90 Å². The molecule has 1 atom stereocenters. The molecule has 3 heteroatoms. The van der Waals surface area contributed by atoms with E-state index in [0.717, 1.165) is 28.2 Å². The molecule has 1 heterocycles. The fourth-order valence-electron chi connectivity index (χ4n) is 3.63. The van der Waals surface area contributed by atoms with E-state index in [9.17, 15) is 4.79 Å². The number of rotatable bonds is 3. The topological polar surface area (TPSA) is 32.7 Å². The van der Waals surface area contributed by atoms with Crippen LogP contribution in [0.4, 0.5) is 11.4 Å². The van der Waals surface area contributed by atoms with Gasteiger partial charge in [0.25, 0.3) is 0 Å². The average Bonchev–Trinajstić information content (AvgIpc) is 2.91. The molecule has 0 aliphatic carbocycles. The smallest absolute Gasteiger partial charge is 0.227 e. The quantitative estimate of drug-likeness (QED) is 0.594. The first-order chi connectivity index (χ1) is 13.3. The minimum absolute atomic E-state index is 0.0822. The number of hydrogen-bond acceptors (Lipinski definition) is 2. The van der Waals surface area contributed by atoms with Crippen molar-refractivity contribution in [2.24, 2.45) is 4.99 Å².